The Kier molecular flexibility index (Phi) is 6.33. The topological polar surface area (TPSA) is 29.5 Å². The Morgan fingerprint density at radius 3 is 2.65 bits per heavy atom. The van der Waals surface area contributed by atoms with Crippen LogP contribution in [0.2, 0.25) is 0 Å². The molecule has 0 heterocycles. The second-order valence-corrected chi connectivity index (χ2v) is 4.37. The normalized spacial score (nSPS) is 10.5. The molecule has 0 fully saturated rings. The SMILES string of the molecule is CN(C)CCCCCOc1ccccc1C=O. The predicted molar refractivity (Wildman–Crippen MR) is 69.7 cm³/mol. The Morgan fingerprint density at radius 1 is 1.18 bits per heavy atom. The van der Waals surface area contributed by atoms with Gasteiger partial charge in [0.2, 0.25) is 0 Å². The van der Waals surface area contributed by atoms with Gasteiger partial charge in [0.25, 0.3) is 0 Å². The van der Waals surface area contributed by atoms with E-state index in [1.807, 2.05) is 18.2 Å². The lowest BCUT2D eigenvalue weighted by Gasteiger charge is -2.10. The molecule has 3 heteroatoms. The average molecular weight is 235 g/mol. The van der Waals surface area contributed by atoms with Crippen molar-refractivity contribution in [3.8, 4) is 5.75 Å². The molecule has 0 amide bonds. The minimum atomic E-state index is 0.626. The van der Waals surface area contributed by atoms with E-state index in [1.165, 1.54) is 6.42 Å². The first-order valence-electron chi connectivity index (χ1n) is 6.06. The van der Waals surface area contributed by atoms with Crippen molar-refractivity contribution in [3.05, 3.63) is 29.8 Å². The maximum atomic E-state index is 10.8. The van der Waals surface area contributed by atoms with Crippen molar-refractivity contribution in [3.63, 3.8) is 0 Å². The highest BCUT2D eigenvalue weighted by molar-refractivity contribution is 5.79. The fourth-order valence-electron chi connectivity index (χ4n) is 1.60. The molecular weight excluding hydrogens is 214 g/mol. The number of carbonyl (C=O) groups is 1. The number of unbranched alkanes of at least 4 members (excludes halogenated alkanes) is 2. The number of rotatable bonds is 8. The summed E-state index contributed by atoms with van der Waals surface area (Å²) in [5.74, 6) is 0.690. The van der Waals surface area contributed by atoms with Crippen LogP contribution in [-0.4, -0.2) is 38.4 Å². The van der Waals surface area contributed by atoms with E-state index >= 15 is 0 Å². The molecule has 0 aromatic heterocycles. The molecule has 94 valence electrons. The zero-order valence-corrected chi connectivity index (χ0v) is 10.7. The summed E-state index contributed by atoms with van der Waals surface area (Å²) >= 11 is 0. The molecule has 0 saturated carbocycles. The first-order chi connectivity index (χ1) is 8.24. The van der Waals surface area contributed by atoms with Crippen LogP contribution in [0.5, 0.6) is 5.75 Å². The lowest BCUT2D eigenvalue weighted by atomic mass is 10.2. The van der Waals surface area contributed by atoms with Crippen molar-refractivity contribution in [2.75, 3.05) is 27.2 Å². The number of hydrogen-bond acceptors (Lipinski definition) is 3. The molecule has 0 unspecified atom stereocenters. The average Bonchev–Trinajstić information content (AvgIpc) is 2.33. The largest absolute Gasteiger partial charge is 0.493 e. The van der Waals surface area contributed by atoms with Crippen LogP contribution < -0.4 is 4.74 Å². The van der Waals surface area contributed by atoms with Crippen LogP contribution in [0.25, 0.3) is 0 Å². The third-order valence-corrected chi connectivity index (χ3v) is 2.55. The van der Waals surface area contributed by atoms with Crippen molar-refractivity contribution in [2.45, 2.75) is 19.3 Å². The van der Waals surface area contributed by atoms with Gasteiger partial charge in [-0.25, -0.2) is 0 Å². The van der Waals surface area contributed by atoms with Crippen molar-refractivity contribution in [1.29, 1.82) is 0 Å². The fraction of sp³-hybridized carbons (Fsp3) is 0.500. The first kappa shape index (κ1) is 13.7. The molecular formula is C14H21NO2. The Morgan fingerprint density at radius 2 is 1.94 bits per heavy atom. The number of nitrogens with zero attached hydrogens (tertiary/aromatic N) is 1. The summed E-state index contributed by atoms with van der Waals surface area (Å²) in [5.41, 5.74) is 0.626. The van der Waals surface area contributed by atoms with Gasteiger partial charge in [-0.1, -0.05) is 12.1 Å². The molecule has 0 spiro atoms. The van der Waals surface area contributed by atoms with Crippen LogP contribution in [-0.2, 0) is 0 Å². The third kappa shape index (κ3) is 5.50. The molecule has 0 N–H and O–H groups in total. The van der Waals surface area contributed by atoms with Crippen LogP contribution in [0.1, 0.15) is 29.6 Å². The first-order valence-corrected chi connectivity index (χ1v) is 6.06. The summed E-state index contributed by atoms with van der Waals surface area (Å²) in [6, 6.07) is 7.33. The van der Waals surface area contributed by atoms with Crippen LogP contribution in [0.15, 0.2) is 24.3 Å². The zero-order chi connectivity index (χ0) is 12.5. The molecule has 0 bridgehead atoms. The predicted octanol–water partition coefficient (Wildman–Crippen LogP) is 2.61. The number of carbonyl (C=O) groups excluding carboxylic acids is 1. The van der Waals surface area contributed by atoms with E-state index in [4.69, 9.17) is 4.74 Å². The number of ether oxygens (including phenoxy) is 1. The van der Waals surface area contributed by atoms with E-state index in [1.54, 1.807) is 6.07 Å². The van der Waals surface area contributed by atoms with Gasteiger partial charge in [0, 0.05) is 0 Å². The monoisotopic (exact) mass is 235 g/mol. The Balaban J connectivity index is 2.20. The maximum absolute atomic E-state index is 10.8. The van der Waals surface area contributed by atoms with Gasteiger partial charge in [-0.05, 0) is 52.0 Å². The Bertz CT molecular complexity index is 337. The van der Waals surface area contributed by atoms with Gasteiger partial charge in [0.15, 0.2) is 6.29 Å². The summed E-state index contributed by atoms with van der Waals surface area (Å²) in [6.45, 7) is 1.79. The summed E-state index contributed by atoms with van der Waals surface area (Å²) in [4.78, 5) is 12.9. The van der Waals surface area contributed by atoms with Crippen molar-refractivity contribution in [2.24, 2.45) is 0 Å². The minimum absolute atomic E-state index is 0.626. The van der Waals surface area contributed by atoms with Crippen molar-refractivity contribution >= 4 is 6.29 Å². The van der Waals surface area contributed by atoms with Gasteiger partial charge in [-0.3, -0.25) is 4.79 Å². The van der Waals surface area contributed by atoms with Crippen LogP contribution >= 0.6 is 0 Å². The third-order valence-electron chi connectivity index (χ3n) is 2.55. The lowest BCUT2D eigenvalue weighted by molar-refractivity contribution is 0.111. The van der Waals surface area contributed by atoms with E-state index in [-0.39, 0.29) is 0 Å². The summed E-state index contributed by atoms with van der Waals surface area (Å²) in [7, 11) is 4.16. The molecule has 0 saturated heterocycles. The van der Waals surface area contributed by atoms with Gasteiger partial charge in [-0.2, -0.15) is 0 Å². The van der Waals surface area contributed by atoms with Crippen LogP contribution in [0.4, 0.5) is 0 Å². The number of para-hydroxylation sites is 1. The highest BCUT2D eigenvalue weighted by Gasteiger charge is 2.00. The molecule has 0 atom stereocenters. The molecule has 0 aliphatic heterocycles. The second kappa shape index (κ2) is 7.85. The molecule has 1 aromatic carbocycles. The summed E-state index contributed by atoms with van der Waals surface area (Å²) in [6.07, 6.45) is 4.20. The molecule has 1 aromatic rings. The molecule has 1 rings (SSSR count). The van der Waals surface area contributed by atoms with E-state index in [0.717, 1.165) is 25.7 Å². The smallest absolute Gasteiger partial charge is 0.153 e. The van der Waals surface area contributed by atoms with Crippen molar-refractivity contribution < 1.29 is 9.53 Å². The minimum Gasteiger partial charge on any atom is -0.493 e. The zero-order valence-electron chi connectivity index (χ0n) is 10.7. The molecule has 3 nitrogen and oxygen atoms in total. The Hall–Kier alpha value is -1.35. The standard InChI is InChI=1S/C14H21NO2/c1-15(2)10-6-3-7-11-17-14-9-5-4-8-13(14)12-16/h4-5,8-9,12H,3,6-7,10-11H2,1-2H3. The van der Waals surface area contributed by atoms with Gasteiger partial charge in [0.05, 0.1) is 12.2 Å². The van der Waals surface area contributed by atoms with Gasteiger partial charge in [-0.15, -0.1) is 0 Å². The molecule has 0 aliphatic rings. The van der Waals surface area contributed by atoms with Crippen LogP contribution in [0.3, 0.4) is 0 Å². The second-order valence-electron chi connectivity index (χ2n) is 4.37. The number of aldehydes is 1. The number of hydrogen-bond donors (Lipinski definition) is 0. The van der Waals surface area contributed by atoms with Gasteiger partial charge in [0.1, 0.15) is 5.75 Å². The number of benzene rings is 1. The highest BCUT2D eigenvalue weighted by atomic mass is 16.5. The Labute approximate surface area is 103 Å². The van der Waals surface area contributed by atoms with Crippen LogP contribution in [0, 0.1) is 0 Å². The van der Waals surface area contributed by atoms with Gasteiger partial charge >= 0.3 is 0 Å². The van der Waals surface area contributed by atoms with E-state index in [2.05, 4.69) is 19.0 Å². The van der Waals surface area contributed by atoms with E-state index in [9.17, 15) is 4.79 Å². The molecule has 0 radical (unpaired) electrons. The van der Waals surface area contributed by atoms with Crippen molar-refractivity contribution in [1.82, 2.24) is 4.90 Å². The maximum Gasteiger partial charge on any atom is 0.153 e. The van der Waals surface area contributed by atoms with Gasteiger partial charge < -0.3 is 9.64 Å². The quantitative estimate of drug-likeness (QED) is 0.512. The van der Waals surface area contributed by atoms with E-state index < -0.39 is 0 Å². The lowest BCUT2D eigenvalue weighted by Crippen LogP contribution is -2.13. The molecule has 0 aliphatic carbocycles. The highest BCUT2D eigenvalue weighted by Crippen LogP contribution is 2.15. The summed E-state index contributed by atoms with van der Waals surface area (Å²) in [5, 5.41) is 0. The molecule has 17 heavy (non-hydrogen) atoms. The fourth-order valence-corrected chi connectivity index (χ4v) is 1.60. The summed E-state index contributed by atoms with van der Waals surface area (Å²) < 4.78 is 5.59. The van der Waals surface area contributed by atoms with E-state index in [0.29, 0.717) is 17.9 Å².